The molecule has 0 unspecified atom stereocenters. The van der Waals surface area contributed by atoms with E-state index in [4.69, 9.17) is 10.5 Å². The van der Waals surface area contributed by atoms with Crippen LogP contribution >= 0.6 is 0 Å². The first kappa shape index (κ1) is 24.7. The van der Waals surface area contributed by atoms with E-state index in [9.17, 15) is 14.4 Å². The number of nitrogens with zero attached hydrogens (tertiary/aromatic N) is 1. The van der Waals surface area contributed by atoms with Crippen LogP contribution in [0, 0.1) is 0 Å². The van der Waals surface area contributed by atoms with Gasteiger partial charge in [-0.1, -0.05) is 42.5 Å². The standard InChI is InChI=1S/C28H28N4O4/c1-4-36-28(35)18-11-13-21-23(14-18)31-27(34)24(21)25(17-8-6-5-7-9-17)30-20-12-10-19(16-32(2)3)22(15-20)26(29)33/h5-15,30H,4,16H2,1-3H3,(H2,29,33)(H,31,34). The molecular formula is C28H28N4O4. The van der Waals surface area contributed by atoms with Crippen molar-refractivity contribution >= 4 is 40.4 Å². The summed E-state index contributed by atoms with van der Waals surface area (Å²) in [6.45, 7) is 2.56. The monoisotopic (exact) mass is 484 g/mol. The molecule has 0 saturated carbocycles. The zero-order valence-corrected chi connectivity index (χ0v) is 20.4. The Hall–Kier alpha value is -4.43. The second-order valence-corrected chi connectivity index (χ2v) is 8.65. The predicted molar refractivity (Wildman–Crippen MR) is 140 cm³/mol. The zero-order chi connectivity index (χ0) is 25.8. The Morgan fingerprint density at radius 2 is 1.75 bits per heavy atom. The minimum atomic E-state index is -0.528. The maximum atomic E-state index is 13.2. The normalized spacial score (nSPS) is 13.7. The lowest BCUT2D eigenvalue weighted by molar-refractivity contribution is -0.110. The van der Waals surface area contributed by atoms with Gasteiger partial charge in [-0.3, -0.25) is 9.59 Å². The smallest absolute Gasteiger partial charge is 0.338 e. The molecule has 0 aliphatic carbocycles. The van der Waals surface area contributed by atoms with Crippen LogP contribution in [0.1, 0.15) is 44.3 Å². The Kier molecular flexibility index (Phi) is 7.17. The van der Waals surface area contributed by atoms with Crippen molar-refractivity contribution < 1.29 is 19.1 Å². The molecule has 0 atom stereocenters. The number of anilines is 2. The maximum absolute atomic E-state index is 13.2. The molecular weight excluding hydrogens is 456 g/mol. The molecule has 0 fully saturated rings. The third-order valence-corrected chi connectivity index (χ3v) is 5.72. The Morgan fingerprint density at radius 3 is 2.42 bits per heavy atom. The highest BCUT2D eigenvalue weighted by Gasteiger charge is 2.29. The summed E-state index contributed by atoms with van der Waals surface area (Å²) >= 11 is 0. The van der Waals surface area contributed by atoms with Gasteiger partial charge < -0.3 is 26.0 Å². The van der Waals surface area contributed by atoms with E-state index < -0.39 is 11.9 Å². The van der Waals surface area contributed by atoms with Gasteiger partial charge in [-0.05, 0) is 56.4 Å². The van der Waals surface area contributed by atoms with Crippen LogP contribution in [-0.4, -0.2) is 43.4 Å². The summed E-state index contributed by atoms with van der Waals surface area (Å²) in [7, 11) is 3.83. The number of esters is 1. The molecule has 3 aromatic rings. The minimum absolute atomic E-state index is 0.260. The number of carbonyl (C=O) groups excluding carboxylic acids is 3. The number of hydrogen-bond acceptors (Lipinski definition) is 6. The lowest BCUT2D eigenvalue weighted by atomic mass is 9.98. The average molecular weight is 485 g/mol. The molecule has 0 bridgehead atoms. The first-order valence-corrected chi connectivity index (χ1v) is 11.6. The zero-order valence-electron chi connectivity index (χ0n) is 20.4. The van der Waals surface area contributed by atoms with Gasteiger partial charge >= 0.3 is 5.97 Å². The molecule has 8 nitrogen and oxygen atoms in total. The summed E-state index contributed by atoms with van der Waals surface area (Å²) in [6.07, 6.45) is 0. The van der Waals surface area contributed by atoms with Crippen molar-refractivity contribution in [1.82, 2.24) is 4.90 Å². The van der Waals surface area contributed by atoms with Gasteiger partial charge in [0.25, 0.3) is 5.91 Å². The number of ether oxygens (including phenoxy) is 1. The first-order chi connectivity index (χ1) is 17.3. The molecule has 0 spiro atoms. The Morgan fingerprint density at radius 1 is 1.00 bits per heavy atom. The van der Waals surface area contributed by atoms with E-state index in [1.54, 1.807) is 31.2 Å². The number of primary amides is 1. The van der Waals surface area contributed by atoms with Crippen LogP contribution in [0.2, 0.25) is 0 Å². The van der Waals surface area contributed by atoms with Gasteiger partial charge in [0.1, 0.15) is 0 Å². The van der Waals surface area contributed by atoms with Crippen molar-refractivity contribution in [3.63, 3.8) is 0 Å². The number of hydrogen-bond donors (Lipinski definition) is 3. The summed E-state index contributed by atoms with van der Waals surface area (Å²) in [5.41, 5.74) is 10.8. The van der Waals surface area contributed by atoms with Crippen LogP contribution in [0.25, 0.3) is 11.3 Å². The van der Waals surface area contributed by atoms with Gasteiger partial charge in [-0.25, -0.2) is 4.79 Å². The minimum Gasteiger partial charge on any atom is -0.462 e. The van der Waals surface area contributed by atoms with Crippen molar-refractivity contribution in [2.45, 2.75) is 13.5 Å². The van der Waals surface area contributed by atoms with Crippen molar-refractivity contribution in [3.05, 3.63) is 94.5 Å². The number of carbonyl (C=O) groups is 3. The maximum Gasteiger partial charge on any atom is 0.338 e. The number of amides is 2. The van der Waals surface area contributed by atoms with Crippen LogP contribution in [0.15, 0.2) is 66.7 Å². The molecule has 184 valence electrons. The fourth-order valence-corrected chi connectivity index (χ4v) is 4.15. The number of fused-ring (bicyclic) bond motifs is 1. The fourth-order valence-electron chi connectivity index (χ4n) is 4.15. The van der Waals surface area contributed by atoms with Gasteiger partial charge in [0.15, 0.2) is 0 Å². The first-order valence-electron chi connectivity index (χ1n) is 11.6. The lowest BCUT2D eigenvalue weighted by Crippen LogP contribution is -2.19. The molecule has 0 radical (unpaired) electrons. The predicted octanol–water partition coefficient (Wildman–Crippen LogP) is 3.96. The van der Waals surface area contributed by atoms with E-state index >= 15 is 0 Å². The topological polar surface area (TPSA) is 114 Å². The van der Waals surface area contributed by atoms with Crippen molar-refractivity contribution in [3.8, 4) is 0 Å². The molecule has 0 saturated heterocycles. The molecule has 1 aliphatic rings. The molecule has 2 amide bonds. The van der Waals surface area contributed by atoms with Crippen molar-refractivity contribution in [2.24, 2.45) is 5.73 Å². The van der Waals surface area contributed by atoms with E-state index in [-0.39, 0.29) is 12.5 Å². The van der Waals surface area contributed by atoms with Gasteiger partial charge in [0, 0.05) is 23.4 Å². The van der Waals surface area contributed by atoms with Gasteiger partial charge in [-0.15, -0.1) is 0 Å². The van der Waals surface area contributed by atoms with Crippen LogP contribution in [-0.2, 0) is 16.1 Å². The number of benzene rings is 3. The molecule has 8 heteroatoms. The Labute approximate surface area is 209 Å². The second-order valence-electron chi connectivity index (χ2n) is 8.65. The third-order valence-electron chi connectivity index (χ3n) is 5.72. The third kappa shape index (κ3) is 5.13. The van der Waals surface area contributed by atoms with Crippen LogP contribution in [0.4, 0.5) is 11.4 Å². The number of rotatable bonds is 8. The molecule has 1 aliphatic heterocycles. The van der Waals surface area contributed by atoms with E-state index in [2.05, 4.69) is 10.6 Å². The Balaban J connectivity index is 1.82. The SMILES string of the molecule is CCOC(=O)c1ccc2c(c1)NC(=O)C2=C(Nc1ccc(CN(C)C)c(C(N)=O)c1)c1ccccc1. The summed E-state index contributed by atoms with van der Waals surface area (Å²) in [5.74, 6) is -1.29. The summed E-state index contributed by atoms with van der Waals surface area (Å²) in [5, 5.41) is 6.20. The fraction of sp³-hybridized carbons (Fsp3) is 0.179. The van der Waals surface area contributed by atoms with Crippen LogP contribution in [0.5, 0.6) is 0 Å². The van der Waals surface area contributed by atoms with Crippen molar-refractivity contribution in [1.29, 1.82) is 0 Å². The van der Waals surface area contributed by atoms with E-state index in [1.807, 2.05) is 61.5 Å². The molecule has 1 heterocycles. The van der Waals surface area contributed by atoms with Crippen molar-refractivity contribution in [2.75, 3.05) is 31.3 Å². The van der Waals surface area contributed by atoms with E-state index in [0.717, 1.165) is 11.1 Å². The quantitative estimate of drug-likeness (QED) is 0.330. The van der Waals surface area contributed by atoms with E-state index in [1.165, 1.54) is 0 Å². The Bertz CT molecular complexity index is 1360. The average Bonchev–Trinajstić information content (AvgIpc) is 3.18. The van der Waals surface area contributed by atoms with Crippen LogP contribution in [0.3, 0.4) is 0 Å². The molecule has 36 heavy (non-hydrogen) atoms. The van der Waals surface area contributed by atoms with Gasteiger partial charge in [0.2, 0.25) is 5.91 Å². The molecule has 0 aromatic heterocycles. The highest BCUT2D eigenvalue weighted by atomic mass is 16.5. The summed E-state index contributed by atoms with van der Waals surface area (Å²) < 4.78 is 5.08. The van der Waals surface area contributed by atoms with Crippen LogP contribution < -0.4 is 16.4 Å². The molecule has 4 rings (SSSR count). The second kappa shape index (κ2) is 10.5. The summed E-state index contributed by atoms with van der Waals surface area (Å²) in [4.78, 5) is 39.5. The van der Waals surface area contributed by atoms with E-state index in [0.29, 0.717) is 45.9 Å². The molecule has 4 N–H and O–H groups in total. The molecule has 3 aromatic carbocycles. The number of nitrogens with two attached hydrogens (primary N) is 1. The van der Waals surface area contributed by atoms with Gasteiger partial charge in [0.05, 0.1) is 29.1 Å². The largest absolute Gasteiger partial charge is 0.462 e. The lowest BCUT2D eigenvalue weighted by Gasteiger charge is -2.17. The van der Waals surface area contributed by atoms with Gasteiger partial charge in [-0.2, -0.15) is 0 Å². The highest BCUT2D eigenvalue weighted by molar-refractivity contribution is 6.37. The number of nitrogens with one attached hydrogen (secondary N) is 2. The summed E-state index contributed by atoms with van der Waals surface area (Å²) in [6, 6.07) is 19.8. The highest BCUT2D eigenvalue weighted by Crippen LogP contribution is 2.38.